The third kappa shape index (κ3) is 2.88. The first kappa shape index (κ1) is 11.7. The summed E-state index contributed by atoms with van der Waals surface area (Å²) in [6.45, 7) is 1.46. The van der Waals surface area contributed by atoms with Crippen LogP contribution in [0.5, 0.6) is 5.75 Å². The fourth-order valence-corrected chi connectivity index (χ4v) is 1.65. The lowest BCUT2D eigenvalue weighted by Crippen LogP contribution is -2.23. The van der Waals surface area contributed by atoms with Crippen LogP contribution in [0.3, 0.4) is 0 Å². The summed E-state index contributed by atoms with van der Waals surface area (Å²) in [6, 6.07) is 7.57. The molecule has 0 spiro atoms. The van der Waals surface area contributed by atoms with Crippen molar-refractivity contribution in [1.82, 2.24) is 4.90 Å². The Hall–Kier alpha value is -1.75. The normalized spacial score (nSPS) is 19.3. The molecule has 5 nitrogen and oxygen atoms in total. The van der Waals surface area contributed by atoms with Gasteiger partial charge < -0.3 is 20.1 Å². The molecular weight excluding hydrogens is 220 g/mol. The smallest absolute Gasteiger partial charge is 0.410 e. The van der Waals surface area contributed by atoms with Crippen LogP contribution in [0.2, 0.25) is 0 Å². The number of carbonyl (C=O) groups is 1. The fraction of sp³-hybridized carbons (Fsp3) is 0.417. The highest BCUT2D eigenvalue weighted by Crippen LogP contribution is 2.14. The molecule has 2 N–H and O–H groups in total. The van der Waals surface area contributed by atoms with Crippen LogP contribution in [0.15, 0.2) is 24.3 Å². The summed E-state index contributed by atoms with van der Waals surface area (Å²) in [7, 11) is 1.71. The van der Waals surface area contributed by atoms with Crippen molar-refractivity contribution < 1.29 is 14.3 Å². The van der Waals surface area contributed by atoms with Gasteiger partial charge in [-0.2, -0.15) is 0 Å². The largest absolute Gasteiger partial charge is 0.490 e. The number of nitrogens with two attached hydrogens (primary N) is 1. The molecular formula is C12H16N2O3. The van der Waals surface area contributed by atoms with Crippen molar-refractivity contribution in [2.45, 2.75) is 12.6 Å². The molecule has 0 aliphatic carbocycles. The molecule has 1 heterocycles. The summed E-state index contributed by atoms with van der Waals surface area (Å²) in [5, 5.41) is 0. The Labute approximate surface area is 100 Å². The van der Waals surface area contributed by atoms with Crippen LogP contribution in [0.4, 0.5) is 4.79 Å². The van der Waals surface area contributed by atoms with E-state index < -0.39 is 0 Å². The number of cyclic esters (lactones) is 1. The third-order valence-electron chi connectivity index (χ3n) is 2.65. The second kappa shape index (κ2) is 5.05. The maximum absolute atomic E-state index is 11.1. The van der Waals surface area contributed by atoms with Crippen LogP contribution in [-0.2, 0) is 11.3 Å². The molecule has 1 aromatic rings. The van der Waals surface area contributed by atoms with E-state index in [1.54, 1.807) is 7.05 Å². The Bertz CT molecular complexity index is 391. The SMILES string of the molecule is CN1CC(COc2ccc(CN)cc2)OC1=O. The highest BCUT2D eigenvalue weighted by molar-refractivity contribution is 5.69. The van der Waals surface area contributed by atoms with Crippen LogP contribution >= 0.6 is 0 Å². The summed E-state index contributed by atoms with van der Waals surface area (Å²) in [5.74, 6) is 0.757. The fourth-order valence-electron chi connectivity index (χ4n) is 1.65. The van der Waals surface area contributed by atoms with Crippen molar-refractivity contribution in [3.8, 4) is 5.75 Å². The van der Waals surface area contributed by atoms with Crippen molar-refractivity contribution >= 4 is 6.09 Å². The van der Waals surface area contributed by atoms with Crippen molar-refractivity contribution in [1.29, 1.82) is 0 Å². The average molecular weight is 236 g/mol. The van der Waals surface area contributed by atoms with Crippen LogP contribution in [0, 0.1) is 0 Å². The van der Waals surface area contributed by atoms with Gasteiger partial charge in [-0.3, -0.25) is 0 Å². The van der Waals surface area contributed by atoms with Gasteiger partial charge in [0.25, 0.3) is 0 Å². The summed E-state index contributed by atoms with van der Waals surface area (Å²) in [4.78, 5) is 12.6. The molecule has 1 aliphatic rings. The molecule has 92 valence electrons. The van der Waals surface area contributed by atoms with Crippen LogP contribution in [-0.4, -0.2) is 37.3 Å². The second-order valence-corrected chi connectivity index (χ2v) is 4.05. The van der Waals surface area contributed by atoms with E-state index in [9.17, 15) is 4.79 Å². The summed E-state index contributed by atoms with van der Waals surface area (Å²) >= 11 is 0. The molecule has 17 heavy (non-hydrogen) atoms. The summed E-state index contributed by atoms with van der Waals surface area (Å²) in [5.41, 5.74) is 6.56. The van der Waals surface area contributed by atoms with Crippen LogP contribution < -0.4 is 10.5 Å². The van der Waals surface area contributed by atoms with Gasteiger partial charge in [-0.1, -0.05) is 12.1 Å². The Morgan fingerprint density at radius 1 is 1.47 bits per heavy atom. The van der Waals surface area contributed by atoms with Gasteiger partial charge in [0.05, 0.1) is 6.54 Å². The van der Waals surface area contributed by atoms with Gasteiger partial charge in [-0.15, -0.1) is 0 Å². The van der Waals surface area contributed by atoms with Gasteiger partial charge in [-0.25, -0.2) is 4.79 Å². The summed E-state index contributed by atoms with van der Waals surface area (Å²) < 4.78 is 10.6. The van der Waals surface area contributed by atoms with Gasteiger partial charge in [-0.05, 0) is 17.7 Å². The van der Waals surface area contributed by atoms with E-state index in [1.165, 1.54) is 4.90 Å². The number of carbonyl (C=O) groups excluding carboxylic acids is 1. The predicted octanol–water partition coefficient (Wildman–Crippen LogP) is 0.975. The number of likely N-dealkylation sites (N-methyl/N-ethyl adjacent to an activating group) is 1. The molecule has 1 saturated heterocycles. The molecule has 1 aromatic carbocycles. The van der Waals surface area contributed by atoms with Gasteiger partial charge in [0, 0.05) is 13.6 Å². The molecule has 1 fully saturated rings. The second-order valence-electron chi connectivity index (χ2n) is 4.05. The van der Waals surface area contributed by atoms with Gasteiger partial charge in [0.2, 0.25) is 0 Å². The lowest BCUT2D eigenvalue weighted by atomic mass is 10.2. The van der Waals surface area contributed by atoms with E-state index in [1.807, 2.05) is 24.3 Å². The van der Waals surface area contributed by atoms with E-state index in [2.05, 4.69) is 0 Å². The van der Waals surface area contributed by atoms with Crippen LogP contribution in [0.25, 0.3) is 0 Å². The zero-order chi connectivity index (χ0) is 12.3. The first-order chi connectivity index (χ1) is 8.19. The molecule has 5 heteroatoms. The maximum atomic E-state index is 11.1. The Kier molecular flexibility index (Phi) is 3.49. The highest BCUT2D eigenvalue weighted by atomic mass is 16.6. The number of ether oxygens (including phenoxy) is 2. The topological polar surface area (TPSA) is 64.8 Å². The maximum Gasteiger partial charge on any atom is 0.410 e. The van der Waals surface area contributed by atoms with Gasteiger partial charge >= 0.3 is 6.09 Å². The first-order valence-corrected chi connectivity index (χ1v) is 5.52. The Morgan fingerprint density at radius 3 is 2.71 bits per heavy atom. The quantitative estimate of drug-likeness (QED) is 0.846. The molecule has 0 aromatic heterocycles. The number of rotatable bonds is 4. The van der Waals surface area contributed by atoms with Crippen LogP contribution in [0.1, 0.15) is 5.56 Å². The zero-order valence-electron chi connectivity index (χ0n) is 9.76. The van der Waals surface area contributed by atoms with Crippen molar-refractivity contribution in [3.05, 3.63) is 29.8 Å². The standard InChI is InChI=1S/C12H16N2O3/c1-14-7-11(17-12(14)15)8-16-10-4-2-9(6-13)3-5-10/h2-5,11H,6-8,13H2,1H3. The number of hydrogen-bond acceptors (Lipinski definition) is 4. The number of benzene rings is 1. The Balaban J connectivity index is 1.83. The van der Waals surface area contributed by atoms with E-state index in [0.29, 0.717) is 19.7 Å². The summed E-state index contributed by atoms with van der Waals surface area (Å²) in [6.07, 6.45) is -0.487. The monoisotopic (exact) mass is 236 g/mol. The van der Waals surface area contributed by atoms with Gasteiger partial charge in [0.1, 0.15) is 12.4 Å². The molecule has 2 rings (SSSR count). The molecule has 0 bridgehead atoms. The molecule has 1 atom stereocenters. The average Bonchev–Trinajstić information content (AvgIpc) is 2.67. The van der Waals surface area contributed by atoms with E-state index >= 15 is 0 Å². The Morgan fingerprint density at radius 2 is 2.18 bits per heavy atom. The van der Waals surface area contributed by atoms with Crippen molar-refractivity contribution in [2.24, 2.45) is 5.73 Å². The third-order valence-corrected chi connectivity index (χ3v) is 2.65. The van der Waals surface area contributed by atoms with Crippen molar-refractivity contribution in [3.63, 3.8) is 0 Å². The predicted molar refractivity (Wildman–Crippen MR) is 62.7 cm³/mol. The van der Waals surface area contributed by atoms with Crippen molar-refractivity contribution in [2.75, 3.05) is 20.2 Å². The minimum atomic E-state index is -0.294. The molecule has 1 unspecified atom stereocenters. The number of hydrogen-bond donors (Lipinski definition) is 1. The lowest BCUT2D eigenvalue weighted by molar-refractivity contribution is 0.103. The number of nitrogens with zero attached hydrogens (tertiary/aromatic N) is 1. The van der Waals surface area contributed by atoms with E-state index in [-0.39, 0.29) is 12.2 Å². The molecule has 1 aliphatic heterocycles. The minimum Gasteiger partial charge on any atom is -0.490 e. The number of amides is 1. The molecule has 0 radical (unpaired) electrons. The van der Waals surface area contributed by atoms with Gasteiger partial charge in [0.15, 0.2) is 6.10 Å². The molecule has 0 saturated carbocycles. The minimum absolute atomic E-state index is 0.193. The zero-order valence-corrected chi connectivity index (χ0v) is 9.76. The lowest BCUT2D eigenvalue weighted by Gasteiger charge is -2.10. The highest BCUT2D eigenvalue weighted by Gasteiger charge is 2.28. The van der Waals surface area contributed by atoms with E-state index in [4.69, 9.17) is 15.2 Å². The van der Waals surface area contributed by atoms with E-state index in [0.717, 1.165) is 11.3 Å². The first-order valence-electron chi connectivity index (χ1n) is 5.52. The molecule has 1 amide bonds.